The SMILES string of the molecule is CC#C[C@@]1(O)CCCCCS(=O)(=O)NC(=O)c2ccc3c(c2)N(C[C@@H]2CC[C@H]21)C[C@@]1(CCCc2cc(Cl)ccc21)CO3.CC#C[C@]1(O)CCCCCS(=O)(=O)NC(=O)c2ccc3c(c2)N(C[C@@H]2CC[C@H]21)C[C@@]1(CCCc2cc(Cl)ccc21)CO3. The number of amides is 2. The van der Waals surface area contributed by atoms with E-state index in [9.17, 15) is 36.6 Å². The minimum atomic E-state index is -3.80. The van der Waals surface area contributed by atoms with Crippen LogP contribution < -0.4 is 28.7 Å². The maximum Gasteiger partial charge on any atom is 0.264 e. The topological polar surface area (TPSA) is 192 Å². The first-order valence-electron chi connectivity index (χ1n) is 30.3. The highest BCUT2D eigenvalue weighted by atomic mass is 35.5. The molecule has 8 aliphatic rings. The number of nitrogens with zero attached hydrogens (tertiary/aromatic N) is 2. The molecule has 0 aromatic heterocycles. The molecule has 0 unspecified atom stereocenters. The lowest BCUT2D eigenvalue weighted by molar-refractivity contribution is -0.0446. The van der Waals surface area contributed by atoms with Crippen molar-refractivity contribution in [2.75, 3.05) is 60.7 Å². The van der Waals surface area contributed by atoms with Crippen LogP contribution in [0.1, 0.15) is 160 Å². The minimum absolute atomic E-state index is 0.0223. The molecule has 14 nitrogen and oxygen atoms in total. The summed E-state index contributed by atoms with van der Waals surface area (Å²) in [4.78, 5) is 31.0. The van der Waals surface area contributed by atoms with E-state index >= 15 is 0 Å². The molecule has 4 aromatic rings. The Morgan fingerprint density at radius 3 is 1.37 bits per heavy atom. The number of hydrogen-bond donors (Lipinski definition) is 4. The molecule has 12 rings (SSSR count). The van der Waals surface area contributed by atoms with Crippen LogP contribution in [-0.2, 0) is 43.7 Å². The maximum atomic E-state index is 13.2. The molecule has 0 saturated heterocycles. The Balaban J connectivity index is 0.000000175. The Hall–Kier alpha value is -5.46. The van der Waals surface area contributed by atoms with Gasteiger partial charge in [-0.1, -0.05) is 60.0 Å². The number of ether oxygens (including phenoxy) is 2. The molecule has 2 spiro atoms. The summed E-state index contributed by atoms with van der Waals surface area (Å²) in [6.45, 7) is 7.24. The standard InChI is InChI=1S/2C33H39ClN2O5S/c2*1-2-14-33(38)16-4-3-5-17-42(39,40)35-31(37)24-9-13-30-29(19-24)36(20-25-8-11-28(25)33)21-32(22-41-30)15-6-7-23-18-26(34)10-12-27(23)32/h2*9-10,12-13,18-19,25,28,38H,3-8,11,15-17,20-22H2,1H3,(H,35,37)/t25-,28+,32-,33+;25-,28+,32-,33-/m00/s1. The molecule has 4 heterocycles. The third-order valence-corrected chi connectivity index (χ3v) is 22.8. The highest BCUT2D eigenvalue weighted by Gasteiger charge is 2.50. The number of sulfonamides is 2. The van der Waals surface area contributed by atoms with Crippen molar-refractivity contribution in [2.45, 2.75) is 151 Å². The summed E-state index contributed by atoms with van der Waals surface area (Å²) in [5, 5.41) is 25.1. The third kappa shape index (κ3) is 12.6. The maximum absolute atomic E-state index is 13.2. The number of nitrogens with one attached hydrogen (secondary N) is 2. The molecule has 0 radical (unpaired) electrons. The number of aliphatic hydroxyl groups is 2. The van der Waals surface area contributed by atoms with E-state index in [4.69, 9.17) is 32.7 Å². The number of aryl methyl sites for hydroxylation is 2. The molecule has 4 aromatic carbocycles. The van der Waals surface area contributed by atoms with Crippen LogP contribution in [0.4, 0.5) is 11.4 Å². The smallest absolute Gasteiger partial charge is 0.264 e. The third-order valence-electron chi connectivity index (χ3n) is 19.7. The fourth-order valence-corrected chi connectivity index (χ4v) is 17.8. The van der Waals surface area contributed by atoms with E-state index in [2.05, 4.69) is 67.2 Å². The van der Waals surface area contributed by atoms with Gasteiger partial charge in [0.2, 0.25) is 20.0 Å². The zero-order valence-electron chi connectivity index (χ0n) is 48.2. The summed E-state index contributed by atoms with van der Waals surface area (Å²) in [7, 11) is -7.60. The average molecular weight is 1220 g/mol. The molecular formula is C66H78Cl2N4O10S2. The van der Waals surface area contributed by atoms with Crippen molar-refractivity contribution in [3.8, 4) is 35.2 Å². The number of anilines is 2. The van der Waals surface area contributed by atoms with Gasteiger partial charge in [0.05, 0.1) is 36.1 Å². The first kappa shape index (κ1) is 60.2. The lowest BCUT2D eigenvalue weighted by Gasteiger charge is -2.48. The number of benzene rings is 4. The van der Waals surface area contributed by atoms with Gasteiger partial charge in [0, 0.05) is 70.0 Å². The fraction of sp³-hybridized carbons (Fsp3) is 0.545. The zero-order valence-corrected chi connectivity index (χ0v) is 51.4. The first-order chi connectivity index (χ1) is 40.2. The second-order valence-corrected chi connectivity index (χ2v) is 29.7. The molecule has 4 bridgehead atoms. The number of rotatable bonds is 0. The van der Waals surface area contributed by atoms with E-state index in [-0.39, 0.29) is 57.1 Å². The lowest BCUT2D eigenvalue weighted by atomic mass is 9.63. The quantitative estimate of drug-likeness (QED) is 0.122. The van der Waals surface area contributed by atoms with Gasteiger partial charge in [0.1, 0.15) is 22.7 Å². The number of carbonyl (C=O) groups excluding carboxylic acids is 2. The van der Waals surface area contributed by atoms with E-state index in [0.29, 0.717) is 102 Å². The van der Waals surface area contributed by atoms with Crippen LogP contribution in [0.5, 0.6) is 11.5 Å². The van der Waals surface area contributed by atoms with Gasteiger partial charge in [-0.25, -0.2) is 26.3 Å². The van der Waals surface area contributed by atoms with Gasteiger partial charge >= 0.3 is 0 Å². The van der Waals surface area contributed by atoms with Crippen LogP contribution in [0.25, 0.3) is 0 Å². The Morgan fingerprint density at radius 2 is 0.976 bits per heavy atom. The van der Waals surface area contributed by atoms with Gasteiger partial charge < -0.3 is 29.5 Å². The molecule has 2 fully saturated rings. The predicted octanol–water partition coefficient (Wildman–Crippen LogP) is 10.5. The Labute approximate surface area is 506 Å². The van der Waals surface area contributed by atoms with E-state index in [0.717, 1.165) is 85.6 Å². The number of hydrogen-bond acceptors (Lipinski definition) is 12. The van der Waals surface area contributed by atoms with Crippen molar-refractivity contribution in [3.63, 3.8) is 0 Å². The molecule has 4 aliphatic heterocycles. The average Bonchev–Trinajstić information content (AvgIpc) is 1.63. The summed E-state index contributed by atoms with van der Waals surface area (Å²) in [6.07, 6.45) is 14.1. The van der Waals surface area contributed by atoms with Crippen LogP contribution in [0.3, 0.4) is 0 Å². The summed E-state index contributed by atoms with van der Waals surface area (Å²) in [5.41, 5.74) is 4.34. The van der Waals surface area contributed by atoms with Gasteiger partial charge in [-0.2, -0.15) is 0 Å². The van der Waals surface area contributed by atoms with Crippen LogP contribution in [-0.4, -0.2) is 101 Å². The highest BCUT2D eigenvalue weighted by molar-refractivity contribution is 7.90. The minimum Gasteiger partial charge on any atom is -0.490 e. The molecule has 18 heteroatoms. The normalized spacial score (nSPS) is 30.7. The van der Waals surface area contributed by atoms with Gasteiger partial charge in [-0.05, 0) is 211 Å². The second kappa shape index (κ2) is 24.4. The number of fused-ring (bicyclic) bond motifs is 8. The van der Waals surface area contributed by atoms with Gasteiger partial charge in [0.15, 0.2) is 0 Å². The first-order valence-corrected chi connectivity index (χ1v) is 34.3. The van der Waals surface area contributed by atoms with Crippen molar-refractivity contribution in [3.05, 3.63) is 116 Å². The number of halogens is 2. The van der Waals surface area contributed by atoms with Gasteiger partial charge in [0.25, 0.3) is 11.8 Å². The highest BCUT2D eigenvalue weighted by Crippen LogP contribution is 2.51. The number of carbonyl (C=O) groups is 2. The monoisotopic (exact) mass is 1220 g/mol. The van der Waals surface area contributed by atoms with Crippen LogP contribution >= 0.6 is 23.2 Å². The molecule has 2 saturated carbocycles. The van der Waals surface area contributed by atoms with Crippen molar-refractivity contribution in [2.24, 2.45) is 23.7 Å². The summed E-state index contributed by atoms with van der Waals surface area (Å²) < 4.78 is 68.6. The van der Waals surface area contributed by atoms with E-state index < -0.39 is 43.1 Å². The van der Waals surface area contributed by atoms with Crippen molar-refractivity contribution in [1.82, 2.24) is 9.44 Å². The lowest BCUT2D eigenvalue weighted by Crippen LogP contribution is -2.52. The Kier molecular flexibility index (Phi) is 17.5. The van der Waals surface area contributed by atoms with E-state index in [1.54, 1.807) is 50.2 Å². The predicted molar refractivity (Wildman–Crippen MR) is 329 cm³/mol. The Bertz CT molecular complexity index is 3330. The summed E-state index contributed by atoms with van der Waals surface area (Å²) in [5.74, 6) is 12.5. The summed E-state index contributed by atoms with van der Waals surface area (Å²) >= 11 is 12.8. The largest absolute Gasteiger partial charge is 0.490 e. The van der Waals surface area contributed by atoms with Crippen molar-refractivity contribution < 1.29 is 46.1 Å². The van der Waals surface area contributed by atoms with Crippen LogP contribution in [0, 0.1) is 47.4 Å². The van der Waals surface area contributed by atoms with E-state index in [1.807, 2.05) is 12.1 Å². The van der Waals surface area contributed by atoms with Crippen LogP contribution in [0.2, 0.25) is 10.0 Å². The fourth-order valence-electron chi connectivity index (χ4n) is 15.3. The van der Waals surface area contributed by atoms with E-state index in [1.165, 1.54) is 22.3 Å². The van der Waals surface area contributed by atoms with Crippen LogP contribution in [0.15, 0.2) is 72.8 Å². The summed E-state index contributed by atoms with van der Waals surface area (Å²) in [6, 6.07) is 22.7. The van der Waals surface area contributed by atoms with Gasteiger partial charge in [-0.3, -0.25) is 9.59 Å². The molecule has 2 amide bonds. The zero-order chi connectivity index (χ0) is 59.1. The molecule has 8 atom stereocenters. The van der Waals surface area contributed by atoms with Crippen molar-refractivity contribution in [1.29, 1.82) is 0 Å². The van der Waals surface area contributed by atoms with Gasteiger partial charge in [-0.15, -0.1) is 11.8 Å². The Morgan fingerprint density at radius 1 is 0.548 bits per heavy atom. The van der Waals surface area contributed by atoms with Crippen molar-refractivity contribution >= 4 is 66.4 Å². The molecule has 448 valence electrons. The molecule has 4 N–H and O–H groups in total. The molecule has 4 aliphatic carbocycles. The molecular weight excluding hydrogens is 1140 g/mol. The molecule has 84 heavy (non-hydrogen) atoms. The second-order valence-electron chi connectivity index (χ2n) is 25.2.